The number of nitrogens with zero attached hydrogens (tertiary/aromatic N) is 6. The Labute approximate surface area is 538 Å². The lowest BCUT2D eigenvalue weighted by Gasteiger charge is -2.24. The third-order valence-corrected chi connectivity index (χ3v) is 16.5. The van der Waals surface area contributed by atoms with Crippen LogP contribution in [0.15, 0.2) is 188 Å². The normalized spacial score (nSPS) is 16.4. The number of fused-ring (bicyclic) bond motifs is 3. The van der Waals surface area contributed by atoms with Crippen LogP contribution in [0.2, 0.25) is 0 Å². The number of allylic oxidation sites excluding steroid dienone is 6. The number of halogens is 6. The van der Waals surface area contributed by atoms with Crippen molar-refractivity contribution < 1.29 is 50.3 Å². The zero-order valence-corrected chi connectivity index (χ0v) is 51.8. The standard InChI is InChI=1S/C29H23F2N3O.C15H15F2N3.C14H13NO3.C9H9N3.C6H8F2O/c1-18-16-24-26(19-11-13-29(30,31)14-12-19)27(20-6-3-2-4-7-20)33-34(24)28(35)25(18)22-9-10-23-21(17-22)8-5-15-32-23;16-15(17)8-6-10(7-9-15)12-13(19-20-14(12)18)11-4-2-1-3-5-11;1-9(16)13(14(17)18-2)11-5-6-12-10(8-11)4-3-7-15-12;10-9-6-8(11-12-9)7-4-2-1-3-5-7;7-6(8)3-1-5(9)2-4-6/h2-11,15,17H,12-14,16H2,1H3;1-6H,7-9H2,(H3,18,19,20);3-8,13H,1-2H3;1-6H,(H3,10,11,12);1-4H2. The minimum Gasteiger partial charge on any atom is -0.468 e. The largest absolute Gasteiger partial charge is 0.468 e. The molecule has 0 amide bonds. The maximum Gasteiger partial charge on any atom is 0.320 e. The molecule has 4 aliphatic rings. The highest BCUT2D eigenvalue weighted by Crippen LogP contribution is 2.44. The first kappa shape index (κ1) is 66.4. The lowest BCUT2D eigenvalue weighted by atomic mass is 9.86. The van der Waals surface area contributed by atoms with Crippen LogP contribution in [-0.4, -0.2) is 88.5 Å². The van der Waals surface area contributed by atoms with Gasteiger partial charge in [0.2, 0.25) is 5.92 Å². The highest BCUT2D eigenvalue weighted by Gasteiger charge is 2.38. The summed E-state index contributed by atoms with van der Waals surface area (Å²) in [6.07, 6.45) is 6.52. The van der Waals surface area contributed by atoms with E-state index in [4.69, 9.17) is 16.6 Å². The molecule has 5 aromatic heterocycles. The van der Waals surface area contributed by atoms with E-state index in [-0.39, 0.29) is 75.3 Å². The van der Waals surface area contributed by atoms with Crippen molar-refractivity contribution in [1.29, 1.82) is 0 Å². The molecule has 1 atom stereocenters. The Morgan fingerprint density at radius 2 is 1.14 bits per heavy atom. The van der Waals surface area contributed by atoms with E-state index in [2.05, 4.69) is 35.1 Å². The van der Waals surface area contributed by atoms with E-state index in [1.807, 2.05) is 146 Å². The number of nitrogens with two attached hydrogens (primary N) is 2. The van der Waals surface area contributed by atoms with Gasteiger partial charge in [-0.1, -0.05) is 133 Å². The van der Waals surface area contributed by atoms with Crippen LogP contribution in [-0.2, 0) is 25.5 Å². The van der Waals surface area contributed by atoms with Gasteiger partial charge in [0, 0.05) is 115 Å². The summed E-state index contributed by atoms with van der Waals surface area (Å²) in [7, 11) is 1.28. The van der Waals surface area contributed by atoms with Gasteiger partial charge in [0.15, 0.2) is 5.82 Å². The molecule has 482 valence electrons. The maximum absolute atomic E-state index is 13.9. The van der Waals surface area contributed by atoms with Crippen molar-refractivity contribution in [3.8, 4) is 33.8 Å². The number of esters is 1. The number of hydrogen-bond acceptors (Lipinski definition) is 12. The van der Waals surface area contributed by atoms with Gasteiger partial charge in [0.05, 0.1) is 35.2 Å². The van der Waals surface area contributed by atoms with Crippen LogP contribution in [0.4, 0.5) is 38.0 Å². The maximum atomic E-state index is 13.9. The molecule has 0 radical (unpaired) electrons. The predicted molar refractivity (Wildman–Crippen MR) is 352 cm³/mol. The molecule has 0 bridgehead atoms. The molecule has 0 spiro atoms. The number of rotatable bonds is 9. The number of H-pyrrole nitrogens is 2. The first-order valence-electron chi connectivity index (χ1n) is 30.6. The van der Waals surface area contributed by atoms with E-state index < -0.39 is 29.7 Å². The Hall–Kier alpha value is -10.6. The van der Waals surface area contributed by atoms with Crippen molar-refractivity contribution in [2.24, 2.45) is 0 Å². The average molecular weight is 1280 g/mol. The number of Topliss-reactive ketones (excluding diaryl/α,β-unsaturated/α-hetero) is 2. The van der Waals surface area contributed by atoms with E-state index in [1.54, 1.807) is 42.7 Å². The van der Waals surface area contributed by atoms with Crippen LogP contribution in [0.1, 0.15) is 117 Å². The number of carbonyl (C=O) groups excluding carboxylic acids is 4. The fourth-order valence-electron chi connectivity index (χ4n) is 11.6. The quantitative estimate of drug-likeness (QED) is 0.0601. The summed E-state index contributed by atoms with van der Waals surface area (Å²) in [5.74, 6) is -8.82. The van der Waals surface area contributed by atoms with Gasteiger partial charge < -0.3 is 16.2 Å². The molecular formula is C73H68F6N10O5. The number of benzene rings is 5. The SMILES string of the molecule is CC1=C(c2ccc3ncccc3c2)C(=O)n2nc(-c3ccccc3)c(C3=CCC(F)(F)CC3)c2C1.COC(=O)C(C(C)=O)c1ccc2ncccc2c1.Nc1cc(-c2ccccc2)[nH]n1.Nc1n[nH]c(-c2ccccc2)c1C1=CCC(F)(F)CC1.O=C1CCC(F)(F)CC1. The summed E-state index contributed by atoms with van der Waals surface area (Å²) in [6, 6.07) is 49.7. The van der Waals surface area contributed by atoms with Gasteiger partial charge in [-0.05, 0) is 90.9 Å². The molecule has 1 aliphatic heterocycles. The molecule has 1 unspecified atom stereocenters. The molecule has 6 heterocycles. The zero-order chi connectivity index (χ0) is 66.7. The second-order valence-electron chi connectivity index (χ2n) is 23.3. The number of anilines is 2. The second kappa shape index (κ2) is 28.9. The number of ketones is 2. The van der Waals surface area contributed by atoms with Crippen LogP contribution in [0.3, 0.4) is 0 Å². The molecule has 5 aromatic carbocycles. The zero-order valence-electron chi connectivity index (χ0n) is 51.8. The number of hydrogen-bond donors (Lipinski definition) is 4. The fourth-order valence-corrected chi connectivity index (χ4v) is 11.6. The Morgan fingerprint density at radius 3 is 1.67 bits per heavy atom. The van der Waals surface area contributed by atoms with Gasteiger partial charge in [0.25, 0.3) is 17.8 Å². The van der Waals surface area contributed by atoms with E-state index in [9.17, 15) is 45.5 Å². The van der Waals surface area contributed by atoms with Crippen LogP contribution < -0.4 is 11.5 Å². The van der Waals surface area contributed by atoms with Crippen molar-refractivity contribution in [2.45, 2.75) is 108 Å². The molecule has 0 saturated heterocycles. The molecule has 1 fully saturated rings. The van der Waals surface area contributed by atoms with Gasteiger partial charge in [-0.2, -0.15) is 20.0 Å². The molecule has 1 saturated carbocycles. The van der Waals surface area contributed by atoms with E-state index in [1.165, 1.54) is 18.7 Å². The number of pyridine rings is 2. The fraction of sp³-hybridized carbons (Fsp3) is 0.247. The number of aromatic amines is 2. The van der Waals surface area contributed by atoms with Crippen LogP contribution in [0, 0.1) is 0 Å². The van der Waals surface area contributed by atoms with Crippen molar-refractivity contribution in [3.05, 3.63) is 216 Å². The third-order valence-electron chi connectivity index (χ3n) is 16.5. The number of nitrogens with one attached hydrogen (secondary N) is 2. The summed E-state index contributed by atoms with van der Waals surface area (Å²) in [5, 5.41) is 20.3. The van der Waals surface area contributed by atoms with Gasteiger partial charge >= 0.3 is 5.97 Å². The molecule has 21 heteroatoms. The topological polar surface area (TPSA) is 231 Å². The Morgan fingerprint density at radius 1 is 0.596 bits per heavy atom. The number of methoxy groups -OCH3 is 1. The lowest BCUT2D eigenvalue weighted by Crippen LogP contribution is -2.24. The van der Waals surface area contributed by atoms with Gasteiger partial charge in [-0.25, -0.2) is 26.3 Å². The van der Waals surface area contributed by atoms with Gasteiger partial charge in [0.1, 0.15) is 29.0 Å². The van der Waals surface area contributed by atoms with Gasteiger partial charge in [-0.3, -0.25) is 39.3 Å². The molecule has 15 nitrogen and oxygen atoms in total. The van der Waals surface area contributed by atoms with Crippen LogP contribution in [0.25, 0.3) is 72.3 Å². The average Bonchev–Trinajstić information content (AvgIpc) is 1.56. The first-order chi connectivity index (χ1) is 45.1. The van der Waals surface area contributed by atoms with E-state index >= 15 is 0 Å². The van der Waals surface area contributed by atoms with Crippen molar-refractivity contribution in [1.82, 2.24) is 40.1 Å². The molecule has 94 heavy (non-hydrogen) atoms. The molecule has 3 aliphatic carbocycles. The number of nitrogen functional groups attached to an aromatic ring is 2. The summed E-state index contributed by atoms with van der Waals surface area (Å²) < 4.78 is 84.9. The molecule has 6 N–H and O–H groups in total. The monoisotopic (exact) mass is 1280 g/mol. The van der Waals surface area contributed by atoms with E-state index in [0.29, 0.717) is 41.3 Å². The van der Waals surface area contributed by atoms with Crippen LogP contribution >= 0.6 is 0 Å². The Balaban J connectivity index is 0.000000139. The first-order valence-corrected chi connectivity index (χ1v) is 30.6. The van der Waals surface area contributed by atoms with Crippen molar-refractivity contribution in [3.63, 3.8) is 0 Å². The highest BCUT2D eigenvalue weighted by molar-refractivity contribution is 6.23. The Bertz CT molecular complexity index is 4470. The van der Waals surface area contributed by atoms with Crippen molar-refractivity contribution >= 4 is 73.6 Å². The number of aromatic nitrogens is 8. The summed E-state index contributed by atoms with van der Waals surface area (Å²) >= 11 is 0. The van der Waals surface area contributed by atoms with Gasteiger partial charge in [-0.15, -0.1) is 0 Å². The summed E-state index contributed by atoms with van der Waals surface area (Å²) in [4.78, 5) is 56.0. The number of alkyl halides is 6. The second-order valence-corrected chi connectivity index (χ2v) is 23.3. The number of carbonyl (C=O) groups is 4. The Kier molecular flexibility index (Phi) is 20.4. The predicted octanol–water partition coefficient (Wildman–Crippen LogP) is 16.3. The summed E-state index contributed by atoms with van der Waals surface area (Å²) in [6.45, 7) is 3.35. The number of ether oxygens (including phenoxy) is 1. The molecular weight excluding hydrogens is 1210 g/mol. The van der Waals surface area contributed by atoms with Crippen LogP contribution in [0.5, 0.6) is 0 Å². The minimum absolute atomic E-state index is 0.0269. The van der Waals surface area contributed by atoms with Crippen molar-refractivity contribution in [2.75, 3.05) is 18.6 Å². The van der Waals surface area contributed by atoms with E-state index in [0.717, 1.165) is 89.0 Å². The lowest BCUT2D eigenvalue weighted by molar-refractivity contribution is -0.145. The summed E-state index contributed by atoms with van der Waals surface area (Å²) in [5.41, 5.74) is 25.5. The smallest absolute Gasteiger partial charge is 0.320 e. The third kappa shape index (κ3) is 16.0. The highest BCUT2D eigenvalue weighted by atomic mass is 19.3. The molecule has 10 aromatic rings. The minimum atomic E-state index is -2.69. The molecule has 14 rings (SSSR count).